The number of hydrogen-bond acceptors (Lipinski definition) is 6. The van der Waals surface area contributed by atoms with Crippen molar-refractivity contribution in [1.82, 2.24) is 0 Å². The van der Waals surface area contributed by atoms with E-state index in [9.17, 15) is 19.2 Å². The Morgan fingerprint density at radius 3 is 2.67 bits per heavy atom. The van der Waals surface area contributed by atoms with Gasteiger partial charge in [0.1, 0.15) is 11.3 Å². The molecule has 0 saturated heterocycles. The topological polar surface area (TPSA) is 86.7 Å². The molecule has 2 aliphatic heterocycles. The predicted molar refractivity (Wildman–Crippen MR) is 108 cm³/mol. The fraction of sp³-hybridized carbons (Fsp3) is 0.417. The van der Waals surface area contributed by atoms with E-state index in [1.165, 1.54) is 19.3 Å². The molecular formula is C24H24O6. The molecular weight excluding hydrogens is 384 g/mol. The zero-order chi connectivity index (χ0) is 21.8. The number of hydrogen-bond donors (Lipinski definition) is 0. The Labute approximate surface area is 175 Å². The lowest BCUT2D eigenvalue weighted by molar-refractivity contribution is -0.153. The van der Waals surface area contributed by atoms with Gasteiger partial charge in [0.2, 0.25) is 5.78 Å². The van der Waals surface area contributed by atoms with Crippen LogP contribution in [0.1, 0.15) is 40.5 Å². The molecule has 0 spiro atoms. The van der Waals surface area contributed by atoms with E-state index in [0.29, 0.717) is 23.3 Å². The Morgan fingerprint density at radius 1 is 1.27 bits per heavy atom. The quantitative estimate of drug-likeness (QED) is 0.524. The largest absolute Gasteiger partial charge is 0.468 e. The number of esters is 1. The van der Waals surface area contributed by atoms with Crippen LogP contribution in [0, 0.1) is 17.8 Å². The lowest BCUT2D eigenvalue weighted by Gasteiger charge is -2.33. The van der Waals surface area contributed by atoms with Gasteiger partial charge in [-0.15, -0.1) is 0 Å². The maximum atomic E-state index is 12.9. The van der Waals surface area contributed by atoms with E-state index in [1.54, 1.807) is 19.1 Å². The van der Waals surface area contributed by atoms with Crippen LogP contribution < -0.4 is 0 Å². The monoisotopic (exact) mass is 408 g/mol. The first-order valence-corrected chi connectivity index (χ1v) is 10.3. The molecule has 0 N–H and O–H groups in total. The Morgan fingerprint density at radius 2 is 2.00 bits per heavy atom. The van der Waals surface area contributed by atoms with Crippen LogP contribution in [0.2, 0.25) is 0 Å². The van der Waals surface area contributed by atoms with Crippen LogP contribution in [-0.2, 0) is 28.7 Å². The van der Waals surface area contributed by atoms with E-state index in [0.717, 1.165) is 6.42 Å². The standard InChI is InChI=1S/C24H24O6/c1-5-12(2)22(27)20-21-15-11-29-17(19-13(3)7-6-8-16(19)25)9-14(15)10-18(26)24(21,4)30-23(20)28/h6,8-13,19H,5,7H2,1-4H3/t12?,13-,19?,24+/m0/s1. The van der Waals surface area contributed by atoms with Crippen molar-refractivity contribution in [2.45, 2.75) is 46.1 Å². The lowest BCUT2D eigenvalue weighted by Crippen LogP contribution is -2.41. The second-order valence-electron chi connectivity index (χ2n) is 8.50. The third-order valence-corrected chi connectivity index (χ3v) is 6.45. The van der Waals surface area contributed by atoms with Crippen LogP contribution in [0.3, 0.4) is 0 Å². The highest BCUT2D eigenvalue weighted by Crippen LogP contribution is 2.47. The summed E-state index contributed by atoms with van der Waals surface area (Å²) in [4.78, 5) is 50.9. The minimum atomic E-state index is -1.55. The maximum absolute atomic E-state index is 12.9. The summed E-state index contributed by atoms with van der Waals surface area (Å²) < 4.78 is 11.3. The summed E-state index contributed by atoms with van der Waals surface area (Å²) in [6.07, 6.45) is 9.23. The van der Waals surface area contributed by atoms with E-state index in [-0.39, 0.29) is 34.5 Å². The van der Waals surface area contributed by atoms with Crippen LogP contribution in [0.4, 0.5) is 0 Å². The molecule has 0 amide bonds. The summed E-state index contributed by atoms with van der Waals surface area (Å²) in [6.45, 7) is 7.08. The van der Waals surface area contributed by atoms with Gasteiger partial charge in [-0.2, -0.15) is 0 Å². The average Bonchev–Trinajstić information content (AvgIpc) is 2.98. The summed E-state index contributed by atoms with van der Waals surface area (Å²) in [5.41, 5.74) is -0.363. The number of ketones is 3. The van der Waals surface area contributed by atoms with Gasteiger partial charge in [0, 0.05) is 17.1 Å². The number of carbonyl (C=O) groups is 4. The minimum Gasteiger partial charge on any atom is -0.468 e. The first kappa shape index (κ1) is 20.3. The minimum absolute atomic E-state index is 0.0457. The first-order chi connectivity index (χ1) is 14.2. The molecule has 156 valence electrons. The predicted octanol–water partition coefficient (Wildman–Crippen LogP) is 3.30. The molecule has 0 fully saturated rings. The van der Waals surface area contributed by atoms with Gasteiger partial charge >= 0.3 is 5.97 Å². The van der Waals surface area contributed by atoms with E-state index in [4.69, 9.17) is 9.47 Å². The highest BCUT2D eigenvalue weighted by Gasteiger charge is 2.55. The maximum Gasteiger partial charge on any atom is 0.343 e. The Balaban J connectivity index is 1.82. The van der Waals surface area contributed by atoms with Crippen LogP contribution in [0.5, 0.6) is 0 Å². The van der Waals surface area contributed by atoms with Crippen LogP contribution >= 0.6 is 0 Å². The van der Waals surface area contributed by atoms with Gasteiger partial charge in [0.05, 0.1) is 12.2 Å². The van der Waals surface area contributed by atoms with Crippen molar-refractivity contribution >= 4 is 23.3 Å². The van der Waals surface area contributed by atoms with E-state index in [2.05, 4.69) is 0 Å². The molecule has 2 heterocycles. The molecule has 2 unspecified atom stereocenters. The van der Waals surface area contributed by atoms with Gasteiger partial charge in [-0.25, -0.2) is 4.79 Å². The number of ether oxygens (including phenoxy) is 2. The first-order valence-electron chi connectivity index (χ1n) is 10.3. The fourth-order valence-electron chi connectivity index (χ4n) is 4.41. The molecule has 0 aromatic heterocycles. The Hall–Kier alpha value is -3.02. The van der Waals surface area contributed by atoms with E-state index < -0.39 is 23.3 Å². The van der Waals surface area contributed by atoms with Crippen molar-refractivity contribution < 1.29 is 28.7 Å². The number of allylic oxidation sites excluding steroid dienone is 5. The molecule has 4 aliphatic rings. The number of Topliss-reactive ketones (excluding diaryl/α,β-unsaturated/α-hetero) is 1. The Bertz CT molecular complexity index is 1030. The van der Waals surface area contributed by atoms with Crippen LogP contribution in [0.25, 0.3) is 0 Å². The summed E-state index contributed by atoms with van der Waals surface area (Å²) in [6, 6.07) is 0. The highest BCUT2D eigenvalue weighted by atomic mass is 16.6. The molecule has 0 aromatic carbocycles. The van der Waals surface area contributed by atoms with E-state index in [1.807, 2.05) is 19.9 Å². The van der Waals surface area contributed by atoms with Gasteiger partial charge in [0.15, 0.2) is 17.2 Å². The highest BCUT2D eigenvalue weighted by molar-refractivity contribution is 6.24. The second kappa shape index (κ2) is 7.04. The second-order valence-corrected chi connectivity index (χ2v) is 8.50. The lowest BCUT2D eigenvalue weighted by atomic mass is 9.74. The molecule has 0 aromatic rings. The summed E-state index contributed by atoms with van der Waals surface area (Å²) in [5, 5.41) is 0. The summed E-state index contributed by atoms with van der Waals surface area (Å²) in [5.74, 6) is -1.87. The molecule has 0 radical (unpaired) electrons. The van der Waals surface area contributed by atoms with Crippen molar-refractivity contribution in [2.24, 2.45) is 17.8 Å². The SMILES string of the molecule is CCC(C)C(=O)C1=C2C3=COC(C4C(=O)C=CC[C@@H]4C)=CC3=CC(=O)[C@@]2(C)OC1=O. The molecule has 0 bridgehead atoms. The van der Waals surface area contributed by atoms with Gasteiger partial charge in [-0.3, -0.25) is 14.4 Å². The molecule has 4 atom stereocenters. The van der Waals surface area contributed by atoms with Crippen molar-refractivity contribution in [2.75, 3.05) is 0 Å². The van der Waals surface area contributed by atoms with Gasteiger partial charge in [0.25, 0.3) is 0 Å². The normalized spacial score (nSPS) is 31.2. The third kappa shape index (κ3) is 2.85. The molecule has 2 aliphatic carbocycles. The van der Waals surface area contributed by atoms with Crippen LogP contribution in [-0.4, -0.2) is 28.9 Å². The molecule has 6 nitrogen and oxygen atoms in total. The van der Waals surface area contributed by atoms with Crippen molar-refractivity contribution in [3.05, 3.63) is 58.6 Å². The average molecular weight is 408 g/mol. The zero-order valence-corrected chi connectivity index (χ0v) is 17.5. The Kier molecular flexibility index (Phi) is 4.76. The van der Waals surface area contributed by atoms with Crippen molar-refractivity contribution in [3.63, 3.8) is 0 Å². The van der Waals surface area contributed by atoms with Gasteiger partial charge in [-0.1, -0.05) is 26.8 Å². The van der Waals surface area contributed by atoms with E-state index >= 15 is 0 Å². The van der Waals surface area contributed by atoms with Crippen molar-refractivity contribution in [1.29, 1.82) is 0 Å². The fourth-order valence-corrected chi connectivity index (χ4v) is 4.41. The van der Waals surface area contributed by atoms with Crippen LogP contribution in [0.15, 0.2) is 58.6 Å². The molecule has 6 heteroatoms. The van der Waals surface area contributed by atoms with Gasteiger partial charge < -0.3 is 9.47 Å². The number of rotatable bonds is 4. The smallest absolute Gasteiger partial charge is 0.343 e. The zero-order valence-electron chi connectivity index (χ0n) is 17.5. The van der Waals surface area contributed by atoms with Gasteiger partial charge in [-0.05, 0) is 49.5 Å². The summed E-state index contributed by atoms with van der Waals surface area (Å²) >= 11 is 0. The number of fused-ring (bicyclic) bond motifs is 3. The number of carbonyl (C=O) groups excluding carboxylic acids is 4. The molecule has 0 saturated carbocycles. The van der Waals surface area contributed by atoms with Crippen molar-refractivity contribution in [3.8, 4) is 0 Å². The molecule has 30 heavy (non-hydrogen) atoms. The molecule has 4 rings (SSSR count). The summed E-state index contributed by atoms with van der Waals surface area (Å²) in [7, 11) is 0. The third-order valence-electron chi connectivity index (χ3n) is 6.45.